The molecule has 3 nitrogen and oxygen atoms in total. The summed E-state index contributed by atoms with van der Waals surface area (Å²) in [5, 5.41) is 1.83. The van der Waals surface area contributed by atoms with Crippen LogP contribution in [0.4, 0.5) is 0 Å². The van der Waals surface area contributed by atoms with Crippen molar-refractivity contribution in [2.24, 2.45) is 0 Å². The molecule has 3 aromatic rings. The largest absolute Gasteiger partial charge is 0.339 e. The van der Waals surface area contributed by atoms with Crippen LogP contribution in [-0.4, -0.2) is 28.1 Å². The Morgan fingerprint density at radius 1 is 0.923 bits per heavy atom. The molecule has 0 N–H and O–H groups in total. The van der Waals surface area contributed by atoms with Crippen LogP contribution in [0.2, 0.25) is 0 Å². The molecule has 0 saturated heterocycles. The topological polar surface area (TPSA) is 37.4 Å². The van der Waals surface area contributed by atoms with Crippen LogP contribution in [0.25, 0.3) is 10.8 Å². The van der Waals surface area contributed by atoms with Gasteiger partial charge >= 0.3 is 0 Å². The van der Waals surface area contributed by atoms with Gasteiger partial charge in [-0.15, -0.1) is 0 Å². The molecule has 0 radical (unpaired) electrons. The number of hydrogen-bond acceptors (Lipinski definition) is 2. The van der Waals surface area contributed by atoms with Crippen LogP contribution in [0.15, 0.2) is 70.5 Å². The third-order valence-corrected chi connectivity index (χ3v) is 6.03. The Morgan fingerprint density at radius 2 is 1.58 bits per heavy atom. The van der Waals surface area contributed by atoms with E-state index >= 15 is 0 Å². The van der Waals surface area contributed by atoms with Crippen molar-refractivity contribution in [3.63, 3.8) is 0 Å². The van der Waals surface area contributed by atoms with Crippen molar-refractivity contribution in [1.29, 1.82) is 0 Å². The molecule has 26 heavy (non-hydrogen) atoms. The van der Waals surface area contributed by atoms with E-state index in [0.717, 1.165) is 16.3 Å². The average Bonchev–Trinajstić information content (AvgIpc) is 2.68. The normalized spacial score (nSPS) is 12.1. The van der Waals surface area contributed by atoms with Crippen LogP contribution in [0, 0.1) is 6.92 Å². The van der Waals surface area contributed by atoms with E-state index in [4.69, 9.17) is 0 Å². The predicted octanol–water partition coefficient (Wildman–Crippen LogP) is 4.80. The first kappa shape index (κ1) is 18.3. The van der Waals surface area contributed by atoms with Gasteiger partial charge in [-0.05, 0) is 49.7 Å². The molecule has 1 unspecified atom stereocenters. The van der Waals surface area contributed by atoms with Gasteiger partial charge in [0, 0.05) is 18.0 Å². The number of rotatable bonds is 5. The standard InChI is InChI=1S/C22H23NO2S/c1-4-23(5-2)22(24)21-19-9-7-6-8-17(19)12-15-20(21)26(25)18-13-10-16(3)11-14-18/h6-15H,4-5H2,1-3H3. The number of amides is 1. The number of nitrogens with zero attached hydrogens (tertiary/aromatic N) is 1. The van der Waals surface area contributed by atoms with Gasteiger partial charge in [-0.2, -0.15) is 0 Å². The lowest BCUT2D eigenvalue weighted by Gasteiger charge is -2.21. The zero-order valence-corrected chi connectivity index (χ0v) is 16.2. The van der Waals surface area contributed by atoms with Crippen molar-refractivity contribution in [1.82, 2.24) is 4.90 Å². The molecular weight excluding hydrogens is 342 g/mol. The van der Waals surface area contributed by atoms with Crippen LogP contribution in [0.3, 0.4) is 0 Å². The molecule has 0 aliphatic heterocycles. The minimum absolute atomic E-state index is 0.0674. The first-order valence-electron chi connectivity index (χ1n) is 8.86. The molecule has 4 heteroatoms. The fourth-order valence-corrected chi connectivity index (χ4v) is 4.30. The van der Waals surface area contributed by atoms with Gasteiger partial charge < -0.3 is 4.90 Å². The van der Waals surface area contributed by atoms with E-state index in [1.807, 2.05) is 81.4 Å². The molecule has 0 heterocycles. The monoisotopic (exact) mass is 365 g/mol. The fourth-order valence-electron chi connectivity index (χ4n) is 3.08. The number of hydrogen-bond donors (Lipinski definition) is 0. The number of carbonyl (C=O) groups excluding carboxylic acids is 1. The third kappa shape index (κ3) is 3.42. The van der Waals surface area contributed by atoms with E-state index in [-0.39, 0.29) is 5.91 Å². The Bertz CT molecular complexity index is 960. The molecule has 0 saturated carbocycles. The maximum absolute atomic E-state index is 13.3. The van der Waals surface area contributed by atoms with E-state index in [9.17, 15) is 9.00 Å². The second-order valence-electron chi connectivity index (χ2n) is 6.22. The van der Waals surface area contributed by atoms with Gasteiger partial charge in [0.15, 0.2) is 0 Å². The summed E-state index contributed by atoms with van der Waals surface area (Å²) in [5.41, 5.74) is 1.66. The van der Waals surface area contributed by atoms with Crippen molar-refractivity contribution in [2.45, 2.75) is 30.6 Å². The lowest BCUT2D eigenvalue weighted by molar-refractivity contribution is 0.0771. The highest BCUT2D eigenvalue weighted by Gasteiger charge is 2.23. The summed E-state index contributed by atoms with van der Waals surface area (Å²) in [6.45, 7) is 7.16. The van der Waals surface area contributed by atoms with Crippen LogP contribution in [0.5, 0.6) is 0 Å². The molecule has 0 fully saturated rings. The van der Waals surface area contributed by atoms with E-state index in [1.165, 1.54) is 0 Å². The Hall–Kier alpha value is -2.46. The van der Waals surface area contributed by atoms with E-state index in [1.54, 1.807) is 4.90 Å². The quantitative estimate of drug-likeness (QED) is 0.651. The van der Waals surface area contributed by atoms with Gasteiger partial charge in [0.2, 0.25) is 0 Å². The highest BCUT2D eigenvalue weighted by molar-refractivity contribution is 7.85. The van der Waals surface area contributed by atoms with Crippen molar-refractivity contribution >= 4 is 27.5 Å². The molecule has 1 amide bonds. The molecule has 0 aliphatic carbocycles. The fraction of sp³-hybridized carbons (Fsp3) is 0.227. The van der Waals surface area contributed by atoms with Gasteiger partial charge in [0.25, 0.3) is 5.91 Å². The highest BCUT2D eigenvalue weighted by atomic mass is 32.2. The molecule has 1 atom stereocenters. The Balaban J connectivity index is 2.21. The zero-order chi connectivity index (χ0) is 18.7. The summed E-state index contributed by atoms with van der Waals surface area (Å²) in [6, 6.07) is 19.2. The Labute approximate surface area is 157 Å². The second kappa shape index (κ2) is 7.83. The third-order valence-electron chi connectivity index (χ3n) is 4.59. The lowest BCUT2D eigenvalue weighted by Crippen LogP contribution is -2.31. The van der Waals surface area contributed by atoms with Crippen molar-refractivity contribution in [3.05, 3.63) is 71.8 Å². The summed E-state index contributed by atoms with van der Waals surface area (Å²) in [4.78, 5) is 16.3. The second-order valence-corrected chi connectivity index (χ2v) is 7.67. The first-order valence-corrected chi connectivity index (χ1v) is 10.0. The molecule has 0 aliphatic rings. The molecule has 134 valence electrons. The lowest BCUT2D eigenvalue weighted by atomic mass is 10.0. The zero-order valence-electron chi connectivity index (χ0n) is 15.4. The van der Waals surface area contributed by atoms with Gasteiger partial charge in [0.1, 0.15) is 0 Å². The Morgan fingerprint density at radius 3 is 2.23 bits per heavy atom. The minimum atomic E-state index is -1.41. The summed E-state index contributed by atoms with van der Waals surface area (Å²) < 4.78 is 13.3. The minimum Gasteiger partial charge on any atom is -0.339 e. The van der Waals surface area contributed by atoms with Gasteiger partial charge in [-0.3, -0.25) is 4.79 Å². The predicted molar refractivity (Wildman–Crippen MR) is 107 cm³/mol. The van der Waals surface area contributed by atoms with Crippen LogP contribution >= 0.6 is 0 Å². The molecule has 0 aromatic heterocycles. The number of fused-ring (bicyclic) bond motifs is 1. The van der Waals surface area contributed by atoms with Gasteiger partial charge in [0.05, 0.1) is 21.3 Å². The number of benzene rings is 3. The summed E-state index contributed by atoms with van der Waals surface area (Å²) in [5.74, 6) is -0.0674. The van der Waals surface area contributed by atoms with Crippen LogP contribution < -0.4 is 0 Å². The SMILES string of the molecule is CCN(CC)C(=O)c1c(S(=O)c2ccc(C)cc2)ccc2ccccc12. The maximum Gasteiger partial charge on any atom is 0.255 e. The molecular formula is C22H23NO2S. The van der Waals surface area contributed by atoms with E-state index in [0.29, 0.717) is 28.4 Å². The maximum atomic E-state index is 13.3. The summed E-state index contributed by atoms with van der Waals surface area (Å²) in [7, 11) is -1.41. The van der Waals surface area contributed by atoms with Gasteiger partial charge in [-0.25, -0.2) is 4.21 Å². The number of carbonyl (C=O) groups is 1. The first-order chi connectivity index (χ1) is 12.6. The van der Waals surface area contributed by atoms with Crippen molar-refractivity contribution in [3.8, 4) is 0 Å². The Kier molecular flexibility index (Phi) is 5.52. The highest BCUT2D eigenvalue weighted by Crippen LogP contribution is 2.29. The molecule has 0 bridgehead atoms. The van der Waals surface area contributed by atoms with Crippen molar-refractivity contribution < 1.29 is 9.00 Å². The van der Waals surface area contributed by atoms with E-state index in [2.05, 4.69) is 0 Å². The summed E-state index contributed by atoms with van der Waals surface area (Å²) >= 11 is 0. The summed E-state index contributed by atoms with van der Waals surface area (Å²) in [6.07, 6.45) is 0. The van der Waals surface area contributed by atoms with E-state index < -0.39 is 10.8 Å². The number of aryl methyl sites for hydroxylation is 1. The van der Waals surface area contributed by atoms with Crippen molar-refractivity contribution in [2.75, 3.05) is 13.1 Å². The van der Waals surface area contributed by atoms with Crippen LogP contribution in [0.1, 0.15) is 29.8 Å². The smallest absolute Gasteiger partial charge is 0.255 e. The van der Waals surface area contributed by atoms with Crippen LogP contribution in [-0.2, 0) is 10.8 Å². The molecule has 0 spiro atoms. The molecule has 3 aromatic carbocycles. The average molecular weight is 365 g/mol. The molecule has 3 rings (SSSR count). The van der Waals surface area contributed by atoms with Gasteiger partial charge in [-0.1, -0.05) is 48.0 Å².